The van der Waals surface area contributed by atoms with E-state index in [4.69, 9.17) is 4.74 Å². The van der Waals surface area contributed by atoms with Gasteiger partial charge in [-0.2, -0.15) is 0 Å². The highest BCUT2D eigenvalue weighted by Crippen LogP contribution is 2.29. The molecule has 3 N–H and O–H groups in total. The molecule has 4 aromatic rings. The molecule has 10 nitrogen and oxygen atoms in total. The maximum absolute atomic E-state index is 12.8. The molecule has 0 spiro atoms. The number of ether oxygens (including phenoxy) is 1. The number of aryl methyl sites for hydroxylation is 1. The van der Waals surface area contributed by atoms with Crippen LogP contribution in [-0.4, -0.2) is 49.8 Å². The Morgan fingerprint density at radius 1 is 1.27 bits per heavy atom. The van der Waals surface area contributed by atoms with Crippen molar-refractivity contribution in [3.05, 3.63) is 42.0 Å². The molecule has 1 aromatic carbocycles. The number of nitrogens with one attached hydrogen (secondary N) is 3. The smallest absolute Gasteiger partial charge is 0.271 e. The molecule has 1 aliphatic heterocycles. The van der Waals surface area contributed by atoms with E-state index in [2.05, 4.69) is 31.0 Å². The zero-order valence-corrected chi connectivity index (χ0v) is 16.9. The molecular weight excluding hydrogens is 384 g/mol. The maximum Gasteiger partial charge on any atom is 0.271 e. The number of hydrogen-bond acceptors (Lipinski definition) is 7. The van der Waals surface area contributed by atoms with Crippen LogP contribution in [-0.2, 0) is 18.4 Å². The molecule has 3 aromatic heterocycles. The second-order valence-corrected chi connectivity index (χ2v) is 7.45. The number of carbonyl (C=O) groups excluding carboxylic acids is 1. The highest BCUT2D eigenvalue weighted by atomic mass is 16.5. The van der Waals surface area contributed by atoms with Crippen molar-refractivity contribution < 1.29 is 9.53 Å². The summed E-state index contributed by atoms with van der Waals surface area (Å²) in [7, 11) is 3.76. The summed E-state index contributed by atoms with van der Waals surface area (Å²) in [5, 5.41) is 14.1. The van der Waals surface area contributed by atoms with Crippen molar-refractivity contribution in [3.8, 4) is 0 Å². The van der Waals surface area contributed by atoms with Gasteiger partial charge in [0.05, 0.1) is 48.1 Å². The Morgan fingerprint density at radius 2 is 2.13 bits per heavy atom. The van der Waals surface area contributed by atoms with E-state index in [1.165, 1.54) is 6.20 Å². The average molecular weight is 406 g/mol. The van der Waals surface area contributed by atoms with Crippen molar-refractivity contribution in [1.82, 2.24) is 29.5 Å². The van der Waals surface area contributed by atoms with Gasteiger partial charge >= 0.3 is 0 Å². The molecular formula is C20H22N8O2. The normalized spacial score (nSPS) is 17.0. The Kier molecular flexibility index (Phi) is 4.28. The molecule has 0 saturated carbocycles. The van der Waals surface area contributed by atoms with E-state index < -0.39 is 0 Å². The summed E-state index contributed by atoms with van der Waals surface area (Å²) in [5.41, 5.74) is 5.35. The van der Waals surface area contributed by atoms with Crippen LogP contribution in [0.5, 0.6) is 0 Å². The maximum atomic E-state index is 12.8. The SMILES string of the molecule is CNc1cc2nn3c(cnc13)C(=O)N[C@H](C)COCc1cc(c3c(c1)ncn3C)N2. The molecule has 10 heteroatoms. The summed E-state index contributed by atoms with van der Waals surface area (Å²) in [6.45, 7) is 2.69. The molecule has 0 aliphatic carbocycles. The van der Waals surface area contributed by atoms with Gasteiger partial charge in [0, 0.05) is 26.2 Å². The number of aromatic nitrogens is 5. The lowest BCUT2D eigenvalue weighted by Gasteiger charge is -2.17. The van der Waals surface area contributed by atoms with Gasteiger partial charge in [-0.15, -0.1) is 5.10 Å². The molecule has 0 radical (unpaired) electrons. The minimum Gasteiger partial charge on any atom is -0.385 e. The van der Waals surface area contributed by atoms with E-state index in [0.29, 0.717) is 30.4 Å². The van der Waals surface area contributed by atoms with Gasteiger partial charge in [0.2, 0.25) is 0 Å². The summed E-state index contributed by atoms with van der Waals surface area (Å²) in [6, 6.07) is 5.75. The van der Waals surface area contributed by atoms with Crippen LogP contribution >= 0.6 is 0 Å². The van der Waals surface area contributed by atoms with Gasteiger partial charge in [-0.25, -0.2) is 14.5 Å². The zero-order valence-electron chi connectivity index (χ0n) is 16.9. The Bertz CT molecular complexity index is 1280. The standard InChI is InChI=1S/C20H22N8O2/c1-11-8-30-9-12-4-13-18(27(3)10-23-13)14(5-12)25-17-6-15(21-2)19-22-7-16(20(29)24-11)28(19)26-17/h4-7,10-11,21H,8-9H2,1-3H3,(H,24,29)(H,25,26)/t11-/m1/s1. The molecule has 154 valence electrons. The van der Waals surface area contributed by atoms with Crippen LogP contribution in [0.4, 0.5) is 17.2 Å². The lowest BCUT2D eigenvalue weighted by molar-refractivity contribution is 0.0815. The number of nitrogens with zero attached hydrogens (tertiary/aromatic N) is 5. The van der Waals surface area contributed by atoms with Gasteiger partial charge in [0.25, 0.3) is 5.91 Å². The largest absolute Gasteiger partial charge is 0.385 e. The molecule has 1 atom stereocenters. The minimum atomic E-state index is -0.255. The molecule has 0 unspecified atom stereocenters. The molecule has 5 rings (SSSR count). The second kappa shape index (κ2) is 6.99. The predicted octanol–water partition coefficient (Wildman–Crippen LogP) is 2.05. The molecule has 4 bridgehead atoms. The molecule has 1 aliphatic rings. The second-order valence-electron chi connectivity index (χ2n) is 7.45. The average Bonchev–Trinajstić information content (AvgIpc) is 3.30. The van der Waals surface area contributed by atoms with Gasteiger partial charge in [0.1, 0.15) is 0 Å². The van der Waals surface area contributed by atoms with Gasteiger partial charge in [0.15, 0.2) is 17.2 Å². The van der Waals surface area contributed by atoms with Crippen LogP contribution in [0.3, 0.4) is 0 Å². The summed E-state index contributed by atoms with van der Waals surface area (Å²) < 4.78 is 9.36. The third-order valence-corrected chi connectivity index (χ3v) is 5.12. The Balaban J connectivity index is 1.73. The zero-order chi connectivity index (χ0) is 20.8. The van der Waals surface area contributed by atoms with Crippen molar-refractivity contribution in [2.75, 3.05) is 24.3 Å². The lowest BCUT2D eigenvalue weighted by atomic mass is 10.1. The quantitative estimate of drug-likeness (QED) is 0.444. The minimum absolute atomic E-state index is 0.172. The Labute approximate surface area is 172 Å². The monoisotopic (exact) mass is 406 g/mol. The highest BCUT2D eigenvalue weighted by molar-refractivity contribution is 5.94. The Hall–Kier alpha value is -3.66. The number of amides is 1. The molecule has 4 heterocycles. The van der Waals surface area contributed by atoms with E-state index in [1.807, 2.05) is 43.8 Å². The molecule has 0 fully saturated rings. The molecule has 0 saturated heterocycles. The van der Waals surface area contributed by atoms with E-state index in [0.717, 1.165) is 28.0 Å². The first-order valence-electron chi connectivity index (χ1n) is 9.69. The number of benzene rings is 1. The van der Waals surface area contributed by atoms with Gasteiger partial charge in [-0.3, -0.25) is 4.79 Å². The first-order valence-corrected chi connectivity index (χ1v) is 9.69. The van der Waals surface area contributed by atoms with Crippen LogP contribution in [0.15, 0.2) is 30.7 Å². The van der Waals surface area contributed by atoms with Crippen LogP contribution in [0.25, 0.3) is 16.7 Å². The van der Waals surface area contributed by atoms with Crippen molar-refractivity contribution in [2.24, 2.45) is 7.05 Å². The lowest BCUT2D eigenvalue weighted by Crippen LogP contribution is -2.36. The van der Waals surface area contributed by atoms with Crippen molar-refractivity contribution in [1.29, 1.82) is 0 Å². The van der Waals surface area contributed by atoms with Crippen molar-refractivity contribution >= 4 is 39.8 Å². The van der Waals surface area contributed by atoms with Gasteiger partial charge in [-0.1, -0.05) is 0 Å². The van der Waals surface area contributed by atoms with Crippen LogP contribution in [0, 0.1) is 0 Å². The fourth-order valence-corrected chi connectivity index (χ4v) is 3.73. The highest BCUT2D eigenvalue weighted by Gasteiger charge is 2.19. The summed E-state index contributed by atoms with van der Waals surface area (Å²) in [6.07, 6.45) is 3.31. The van der Waals surface area contributed by atoms with Gasteiger partial charge in [-0.05, 0) is 24.6 Å². The fourth-order valence-electron chi connectivity index (χ4n) is 3.73. The van der Waals surface area contributed by atoms with E-state index in [-0.39, 0.29) is 11.9 Å². The van der Waals surface area contributed by atoms with E-state index in [1.54, 1.807) is 10.8 Å². The third-order valence-electron chi connectivity index (χ3n) is 5.12. The first-order chi connectivity index (χ1) is 14.5. The fraction of sp³-hybridized carbons (Fsp3) is 0.300. The third kappa shape index (κ3) is 3.01. The summed E-state index contributed by atoms with van der Waals surface area (Å²) >= 11 is 0. The van der Waals surface area contributed by atoms with Gasteiger partial charge < -0.3 is 25.3 Å². The van der Waals surface area contributed by atoms with E-state index in [9.17, 15) is 4.79 Å². The molecule has 1 amide bonds. The number of carbonyl (C=O) groups is 1. The summed E-state index contributed by atoms with van der Waals surface area (Å²) in [5.74, 6) is 0.319. The van der Waals surface area contributed by atoms with Crippen molar-refractivity contribution in [3.63, 3.8) is 0 Å². The van der Waals surface area contributed by atoms with Crippen LogP contribution in [0.1, 0.15) is 23.0 Å². The number of imidazole rings is 2. The van der Waals surface area contributed by atoms with Crippen LogP contribution < -0.4 is 16.0 Å². The number of rotatable bonds is 1. The number of hydrogen-bond donors (Lipinski definition) is 3. The Morgan fingerprint density at radius 3 is 2.97 bits per heavy atom. The first kappa shape index (κ1) is 18.4. The van der Waals surface area contributed by atoms with E-state index >= 15 is 0 Å². The topological polar surface area (TPSA) is 110 Å². The molecule has 30 heavy (non-hydrogen) atoms. The van der Waals surface area contributed by atoms with Crippen molar-refractivity contribution in [2.45, 2.75) is 19.6 Å². The number of anilines is 3. The predicted molar refractivity (Wildman–Crippen MR) is 113 cm³/mol. The summed E-state index contributed by atoms with van der Waals surface area (Å²) in [4.78, 5) is 21.7. The van der Waals surface area contributed by atoms with Crippen LogP contribution in [0.2, 0.25) is 0 Å². The number of fused-ring (bicyclic) bond motifs is 5.